The molecule has 1 saturated heterocycles. The maximum atomic E-state index is 3.74. The van der Waals surface area contributed by atoms with E-state index < -0.39 is 0 Å². The average Bonchev–Trinajstić information content (AvgIpc) is 2.82. The van der Waals surface area contributed by atoms with Gasteiger partial charge in [-0.15, -0.1) is 0 Å². The van der Waals surface area contributed by atoms with Crippen LogP contribution < -0.4 is 10.2 Å². The summed E-state index contributed by atoms with van der Waals surface area (Å²) in [5.41, 5.74) is 2.70. The van der Waals surface area contributed by atoms with E-state index in [4.69, 9.17) is 0 Å². The number of anilines is 1. The molecule has 0 aromatic heterocycles. The molecule has 0 saturated carbocycles. The molecule has 0 bridgehead atoms. The van der Waals surface area contributed by atoms with Gasteiger partial charge in [0.15, 0.2) is 0 Å². The molecule has 0 aliphatic carbocycles. The lowest BCUT2D eigenvalue weighted by Crippen LogP contribution is -2.21. The standard InChI is InChI=1S/C16H25BrN2/c1-4-8-18-13(3)14-5-6-16(15(17)10-14)19-9-7-12(2)11-19/h5-6,10,12-13,18H,4,7-9,11H2,1-3H3. The molecule has 1 aliphatic heterocycles. The Morgan fingerprint density at radius 3 is 2.84 bits per heavy atom. The Bertz CT molecular complexity index is 419. The smallest absolute Gasteiger partial charge is 0.0510 e. The Balaban J connectivity index is 2.08. The summed E-state index contributed by atoms with van der Waals surface area (Å²) in [6.45, 7) is 10.2. The SMILES string of the molecule is CCCNC(C)c1ccc(N2CCC(C)C2)c(Br)c1. The van der Waals surface area contributed by atoms with Crippen LogP contribution in [-0.4, -0.2) is 19.6 Å². The van der Waals surface area contributed by atoms with Crippen molar-refractivity contribution in [3.8, 4) is 0 Å². The first kappa shape index (κ1) is 14.9. The third kappa shape index (κ3) is 3.73. The maximum Gasteiger partial charge on any atom is 0.0510 e. The highest BCUT2D eigenvalue weighted by Gasteiger charge is 2.20. The second-order valence-electron chi connectivity index (χ2n) is 5.73. The molecule has 106 valence electrons. The van der Waals surface area contributed by atoms with Gasteiger partial charge in [-0.05, 0) is 65.9 Å². The Morgan fingerprint density at radius 2 is 2.26 bits per heavy atom. The van der Waals surface area contributed by atoms with Crippen molar-refractivity contribution < 1.29 is 0 Å². The van der Waals surface area contributed by atoms with Crippen molar-refractivity contribution in [1.82, 2.24) is 5.32 Å². The van der Waals surface area contributed by atoms with Crippen molar-refractivity contribution >= 4 is 21.6 Å². The average molecular weight is 325 g/mol. The molecule has 1 aliphatic rings. The zero-order chi connectivity index (χ0) is 13.8. The number of nitrogens with zero attached hydrogens (tertiary/aromatic N) is 1. The van der Waals surface area contributed by atoms with Crippen LogP contribution in [-0.2, 0) is 0 Å². The van der Waals surface area contributed by atoms with Crippen LogP contribution in [0.1, 0.15) is 45.2 Å². The molecule has 0 spiro atoms. The van der Waals surface area contributed by atoms with Gasteiger partial charge < -0.3 is 10.2 Å². The number of hydrogen-bond acceptors (Lipinski definition) is 2. The molecule has 19 heavy (non-hydrogen) atoms. The molecule has 2 rings (SSSR count). The van der Waals surface area contributed by atoms with Gasteiger partial charge in [0.05, 0.1) is 5.69 Å². The number of benzene rings is 1. The van der Waals surface area contributed by atoms with E-state index >= 15 is 0 Å². The summed E-state index contributed by atoms with van der Waals surface area (Å²) in [5.74, 6) is 0.816. The van der Waals surface area contributed by atoms with Crippen molar-refractivity contribution in [2.24, 2.45) is 5.92 Å². The van der Waals surface area contributed by atoms with Gasteiger partial charge in [-0.3, -0.25) is 0 Å². The minimum absolute atomic E-state index is 0.419. The molecule has 2 unspecified atom stereocenters. The van der Waals surface area contributed by atoms with Crippen LogP contribution in [0.4, 0.5) is 5.69 Å². The van der Waals surface area contributed by atoms with Gasteiger partial charge in [-0.25, -0.2) is 0 Å². The number of nitrogens with one attached hydrogen (secondary N) is 1. The molecule has 1 heterocycles. The largest absolute Gasteiger partial charge is 0.370 e. The predicted molar refractivity (Wildman–Crippen MR) is 86.8 cm³/mol. The first-order chi connectivity index (χ1) is 9.11. The van der Waals surface area contributed by atoms with E-state index in [-0.39, 0.29) is 0 Å². The molecule has 0 amide bonds. The van der Waals surface area contributed by atoms with Crippen LogP contribution in [0.3, 0.4) is 0 Å². The number of rotatable bonds is 5. The summed E-state index contributed by atoms with van der Waals surface area (Å²) in [6.07, 6.45) is 2.48. The van der Waals surface area contributed by atoms with Crippen molar-refractivity contribution in [2.45, 2.75) is 39.7 Å². The molecule has 3 heteroatoms. The fourth-order valence-corrected chi connectivity index (χ4v) is 3.33. The highest BCUT2D eigenvalue weighted by atomic mass is 79.9. The zero-order valence-electron chi connectivity index (χ0n) is 12.2. The fraction of sp³-hybridized carbons (Fsp3) is 0.625. The molecule has 1 aromatic carbocycles. The lowest BCUT2D eigenvalue weighted by Gasteiger charge is -2.22. The molecule has 1 fully saturated rings. The summed E-state index contributed by atoms with van der Waals surface area (Å²) in [7, 11) is 0. The van der Waals surface area contributed by atoms with Crippen molar-refractivity contribution in [3.63, 3.8) is 0 Å². The van der Waals surface area contributed by atoms with Crippen molar-refractivity contribution in [3.05, 3.63) is 28.2 Å². The number of halogens is 1. The Kier molecular flexibility index (Phi) is 5.28. The van der Waals surface area contributed by atoms with E-state index in [0.29, 0.717) is 6.04 Å². The molecule has 0 radical (unpaired) electrons. The Morgan fingerprint density at radius 1 is 1.47 bits per heavy atom. The van der Waals surface area contributed by atoms with E-state index in [9.17, 15) is 0 Å². The molecule has 2 nitrogen and oxygen atoms in total. The van der Waals surface area contributed by atoms with Gasteiger partial charge in [0.1, 0.15) is 0 Å². The summed E-state index contributed by atoms with van der Waals surface area (Å²) in [5, 5.41) is 3.54. The number of hydrogen-bond donors (Lipinski definition) is 1. The highest BCUT2D eigenvalue weighted by molar-refractivity contribution is 9.10. The minimum atomic E-state index is 0.419. The van der Waals surface area contributed by atoms with Crippen LogP contribution in [0.15, 0.2) is 22.7 Å². The third-order valence-electron chi connectivity index (χ3n) is 3.94. The molecular weight excluding hydrogens is 300 g/mol. The second-order valence-corrected chi connectivity index (χ2v) is 6.58. The van der Waals surface area contributed by atoms with Gasteiger partial charge in [0.2, 0.25) is 0 Å². The topological polar surface area (TPSA) is 15.3 Å². The van der Waals surface area contributed by atoms with Crippen molar-refractivity contribution in [1.29, 1.82) is 0 Å². The van der Waals surface area contributed by atoms with E-state index in [0.717, 1.165) is 12.5 Å². The van der Waals surface area contributed by atoms with Crippen LogP contribution in [0.25, 0.3) is 0 Å². The van der Waals surface area contributed by atoms with Crippen LogP contribution in [0, 0.1) is 5.92 Å². The van der Waals surface area contributed by atoms with Gasteiger partial charge in [0, 0.05) is 23.6 Å². The van der Waals surface area contributed by atoms with Gasteiger partial charge >= 0.3 is 0 Å². The lowest BCUT2D eigenvalue weighted by atomic mass is 10.1. The minimum Gasteiger partial charge on any atom is -0.370 e. The zero-order valence-corrected chi connectivity index (χ0v) is 13.8. The second kappa shape index (κ2) is 6.76. The quantitative estimate of drug-likeness (QED) is 0.865. The van der Waals surface area contributed by atoms with Gasteiger partial charge in [-0.2, -0.15) is 0 Å². The first-order valence-electron chi connectivity index (χ1n) is 7.39. The normalized spacial score (nSPS) is 20.8. The summed E-state index contributed by atoms with van der Waals surface area (Å²) in [6, 6.07) is 7.21. The monoisotopic (exact) mass is 324 g/mol. The summed E-state index contributed by atoms with van der Waals surface area (Å²) >= 11 is 3.74. The van der Waals surface area contributed by atoms with E-state index in [1.807, 2.05) is 0 Å². The first-order valence-corrected chi connectivity index (χ1v) is 8.19. The molecular formula is C16H25BrN2. The summed E-state index contributed by atoms with van der Waals surface area (Å²) < 4.78 is 1.23. The van der Waals surface area contributed by atoms with Crippen LogP contribution in [0.5, 0.6) is 0 Å². The fourth-order valence-electron chi connectivity index (χ4n) is 2.68. The molecule has 1 N–H and O–H groups in total. The highest BCUT2D eigenvalue weighted by Crippen LogP contribution is 2.32. The predicted octanol–water partition coefficient (Wildman–Crippen LogP) is 4.36. The van der Waals surface area contributed by atoms with E-state index in [1.165, 1.54) is 41.7 Å². The van der Waals surface area contributed by atoms with Gasteiger partial charge in [0.25, 0.3) is 0 Å². The molecule has 1 aromatic rings. The van der Waals surface area contributed by atoms with Crippen LogP contribution >= 0.6 is 15.9 Å². The van der Waals surface area contributed by atoms with Crippen molar-refractivity contribution in [2.75, 3.05) is 24.5 Å². The Hall–Kier alpha value is -0.540. The third-order valence-corrected chi connectivity index (χ3v) is 4.57. The van der Waals surface area contributed by atoms with Crippen LogP contribution in [0.2, 0.25) is 0 Å². The molecule has 2 atom stereocenters. The van der Waals surface area contributed by atoms with E-state index in [2.05, 4.69) is 65.1 Å². The van der Waals surface area contributed by atoms with Gasteiger partial charge in [-0.1, -0.05) is 19.9 Å². The summed E-state index contributed by atoms with van der Waals surface area (Å²) in [4.78, 5) is 2.49. The lowest BCUT2D eigenvalue weighted by molar-refractivity contribution is 0.570. The Labute approximate surface area is 125 Å². The maximum absolute atomic E-state index is 3.74. The van der Waals surface area contributed by atoms with E-state index in [1.54, 1.807) is 0 Å².